The highest BCUT2D eigenvalue weighted by Gasteiger charge is 2.77. The number of esters is 1. The van der Waals surface area contributed by atoms with E-state index in [1.54, 1.807) is 40.7 Å². The lowest BCUT2D eigenvalue weighted by Gasteiger charge is -2.66. The van der Waals surface area contributed by atoms with Gasteiger partial charge in [0, 0.05) is 56.1 Å². The second kappa shape index (κ2) is 25.5. The Labute approximate surface area is 490 Å². The molecule has 1 aromatic rings. The highest BCUT2D eigenvalue weighted by atomic mass is 16.8. The topological polar surface area (TPSA) is 327 Å². The lowest BCUT2D eigenvalue weighted by Crippen LogP contribution is -2.75. The maximum Gasteiger partial charge on any atom is 0.331 e. The highest BCUT2D eigenvalue weighted by molar-refractivity contribution is 5.87. The Bertz CT molecular complexity index is 2450. The number of aliphatic hydroxyl groups excluding tert-OH is 7. The summed E-state index contributed by atoms with van der Waals surface area (Å²) in [6, 6.07) is 9.37. The number of methoxy groups -OCH3 is 1. The Balaban J connectivity index is 0.694. The van der Waals surface area contributed by atoms with Crippen LogP contribution in [0.5, 0.6) is 0 Å². The number of fused-ring (bicyclic) bond motifs is 5. The summed E-state index contributed by atoms with van der Waals surface area (Å²) in [6.07, 6.45) is -14.1. The van der Waals surface area contributed by atoms with Gasteiger partial charge in [-0.3, -0.25) is 4.79 Å². The van der Waals surface area contributed by atoms with Crippen LogP contribution in [0.25, 0.3) is 6.08 Å². The number of hydrogen-bond donors (Lipinski definition) is 9. The van der Waals surface area contributed by atoms with Gasteiger partial charge in [0.05, 0.1) is 61.5 Å². The minimum Gasteiger partial charge on any atom is -0.458 e. The molecule has 0 radical (unpaired) electrons. The lowest BCUT2D eigenvalue weighted by molar-refractivity contribution is -0.357. The first-order chi connectivity index (χ1) is 39.8. The Morgan fingerprint density at radius 2 is 1.21 bits per heavy atom. The molecule has 3 saturated carbocycles. The van der Waals surface area contributed by atoms with E-state index in [-0.39, 0.29) is 56.8 Å². The zero-order valence-electron chi connectivity index (χ0n) is 49.3. The summed E-state index contributed by atoms with van der Waals surface area (Å²) < 4.78 is 73.9. The molecular formula is C61H90O23. The minimum atomic E-state index is -1.72. The molecule has 0 bridgehead atoms. The Morgan fingerprint density at radius 1 is 0.667 bits per heavy atom. The van der Waals surface area contributed by atoms with Gasteiger partial charge in [-0.2, -0.15) is 0 Å². The molecule has 0 spiro atoms. The van der Waals surface area contributed by atoms with Gasteiger partial charge in [-0.1, -0.05) is 55.8 Å². The monoisotopic (exact) mass is 1190 g/mol. The summed E-state index contributed by atoms with van der Waals surface area (Å²) in [5, 5.41) is 101. The van der Waals surface area contributed by atoms with Gasteiger partial charge in [0.2, 0.25) is 0 Å². The van der Waals surface area contributed by atoms with Gasteiger partial charge in [-0.15, -0.1) is 0 Å². The fraction of sp³-hybridized carbons (Fsp3) is 0.803. The summed E-state index contributed by atoms with van der Waals surface area (Å²) in [4.78, 5) is 26.8. The number of rotatable bonds is 16. The summed E-state index contributed by atoms with van der Waals surface area (Å²) in [6.45, 7) is 11.7. The maximum atomic E-state index is 13.6. The van der Waals surface area contributed by atoms with Crippen molar-refractivity contribution in [2.24, 2.45) is 22.7 Å². The molecule has 472 valence electrons. The first-order valence-electron chi connectivity index (χ1n) is 30.2. The summed E-state index contributed by atoms with van der Waals surface area (Å²) in [5.74, 6) is -1.83. The van der Waals surface area contributed by atoms with Crippen LogP contribution in [0, 0.1) is 22.7 Å². The van der Waals surface area contributed by atoms with Crippen molar-refractivity contribution in [1.29, 1.82) is 0 Å². The van der Waals surface area contributed by atoms with E-state index in [4.69, 9.17) is 56.8 Å². The normalized spacial score (nSPS) is 49.7. The quantitative estimate of drug-likeness (QED) is 0.0649. The van der Waals surface area contributed by atoms with Crippen molar-refractivity contribution in [3.8, 4) is 0 Å². The van der Waals surface area contributed by atoms with Crippen molar-refractivity contribution < 1.29 is 112 Å². The van der Waals surface area contributed by atoms with Crippen LogP contribution < -0.4 is 0 Å². The first-order valence-corrected chi connectivity index (χ1v) is 30.2. The van der Waals surface area contributed by atoms with E-state index in [9.17, 15) is 55.5 Å². The maximum absolute atomic E-state index is 13.6. The molecular weight excluding hydrogens is 1100 g/mol. The smallest absolute Gasteiger partial charge is 0.331 e. The van der Waals surface area contributed by atoms with Gasteiger partial charge in [-0.05, 0) is 96.6 Å². The fourth-order valence-corrected chi connectivity index (χ4v) is 15.9. The SMILES string of the molecule is COC1CC(OC2C(O)CC(OC3C(O)CC(OC4C(O)CC(OC5CCC6(C)C(=CCC7(O)C6CC(OC(=O)C=Cc6ccccc6)C6(C)C(C(C)=O)CCC76O)C5)OC4C)OC3C)OC2C)OC(C)C1OC1OC(CO)C(O)C(O)C1O. The standard InChI is InChI=1S/C61H90O23/c1-29(63)37-18-21-61(72)59(37,7)44(80-45(67)15-14-34-12-10-9-11-13-34)27-43-58(6)19-17-36(22-35(58)16-20-60(43,61)71)78-46-23-38(64)53(30(2)74-46)81-47-24-39(65)54(31(3)75-47)82-48-25-40(66)55(32(4)76-48)83-49-26-41(73-8)56(33(5)77-49)84-57-52(70)51(69)50(68)42(28-62)79-57/h9-16,30-33,36-44,46-57,62,64-66,68-72H,17-28H2,1-8H3. The van der Waals surface area contributed by atoms with Crippen LogP contribution in [0.1, 0.15) is 125 Å². The number of benzene rings is 1. The van der Waals surface area contributed by atoms with Gasteiger partial charge in [0.1, 0.15) is 71.9 Å². The largest absolute Gasteiger partial charge is 0.458 e. The summed E-state index contributed by atoms with van der Waals surface area (Å²) in [5.41, 5.74) is -3.28. The molecule has 10 rings (SSSR count). The van der Waals surface area contributed by atoms with Gasteiger partial charge < -0.3 is 103 Å². The molecule has 0 amide bonds. The van der Waals surface area contributed by atoms with Crippen LogP contribution >= 0.6 is 0 Å². The van der Waals surface area contributed by atoms with Gasteiger partial charge in [-0.25, -0.2) is 4.79 Å². The van der Waals surface area contributed by atoms with E-state index < -0.39 is 182 Å². The van der Waals surface area contributed by atoms with Crippen LogP contribution in [0.3, 0.4) is 0 Å². The van der Waals surface area contributed by atoms with Crippen molar-refractivity contribution in [2.45, 2.75) is 272 Å². The van der Waals surface area contributed by atoms with E-state index >= 15 is 0 Å². The molecule has 8 fully saturated rings. The van der Waals surface area contributed by atoms with Crippen molar-refractivity contribution in [1.82, 2.24) is 0 Å². The van der Waals surface area contributed by atoms with E-state index in [1.807, 2.05) is 36.4 Å². The summed E-state index contributed by atoms with van der Waals surface area (Å²) in [7, 11) is 1.46. The number of aliphatic hydroxyl groups is 9. The molecule has 5 saturated heterocycles. The molecule has 29 unspecified atom stereocenters. The number of carbonyl (C=O) groups is 2. The van der Waals surface area contributed by atoms with Gasteiger partial charge in [0.15, 0.2) is 31.5 Å². The van der Waals surface area contributed by atoms with Crippen molar-refractivity contribution >= 4 is 17.8 Å². The van der Waals surface area contributed by atoms with Crippen LogP contribution in [0.15, 0.2) is 48.1 Å². The zero-order valence-corrected chi connectivity index (χ0v) is 49.3. The van der Waals surface area contributed by atoms with Crippen LogP contribution in [0.4, 0.5) is 0 Å². The second-order valence-electron chi connectivity index (χ2n) is 25.7. The third-order valence-electron chi connectivity index (χ3n) is 20.6. The van der Waals surface area contributed by atoms with Crippen LogP contribution in [-0.2, 0) is 66.4 Å². The highest BCUT2D eigenvalue weighted by Crippen LogP contribution is 2.70. The number of Topliss-reactive ketones (excluding diaryl/α,β-unsaturated/α-hetero) is 1. The first kappa shape index (κ1) is 64.0. The third kappa shape index (κ3) is 12.0. The molecule has 0 aromatic heterocycles. The Morgan fingerprint density at radius 3 is 1.75 bits per heavy atom. The lowest BCUT2D eigenvalue weighted by atomic mass is 9.43. The van der Waals surface area contributed by atoms with Gasteiger partial charge >= 0.3 is 5.97 Å². The molecule has 9 N–H and O–H groups in total. The predicted molar refractivity (Wildman–Crippen MR) is 292 cm³/mol. The molecule has 1 aromatic carbocycles. The minimum absolute atomic E-state index is 0.00505. The Kier molecular flexibility index (Phi) is 19.4. The van der Waals surface area contributed by atoms with E-state index in [0.29, 0.717) is 25.7 Å². The van der Waals surface area contributed by atoms with E-state index in [2.05, 4.69) is 6.92 Å². The van der Waals surface area contributed by atoms with Crippen molar-refractivity contribution in [3.63, 3.8) is 0 Å². The average Bonchev–Trinajstić information content (AvgIpc) is 1.29. The molecule has 29 atom stereocenters. The summed E-state index contributed by atoms with van der Waals surface area (Å²) >= 11 is 0. The molecule has 9 aliphatic rings. The Hall–Kier alpha value is -2.96. The molecule has 5 aliphatic heterocycles. The second-order valence-corrected chi connectivity index (χ2v) is 25.7. The third-order valence-corrected chi connectivity index (χ3v) is 20.6. The number of ether oxygens (including phenoxy) is 12. The predicted octanol–water partition coefficient (Wildman–Crippen LogP) is 1.98. The van der Waals surface area contributed by atoms with Crippen molar-refractivity contribution in [2.75, 3.05) is 13.7 Å². The molecule has 23 nitrogen and oxygen atoms in total. The van der Waals surface area contributed by atoms with Gasteiger partial charge in [0.25, 0.3) is 0 Å². The number of hydrogen-bond acceptors (Lipinski definition) is 23. The number of carbonyl (C=O) groups excluding carboxylic acids is 2. The fourth-order valence-electron chi connectivity index (χ4n) is 15.9. The average molecular weight is 1190 g/mol. The van der Waals surface area contributed by atoms with E-state index in [1.165, 1.54) is 20.1 Å². The van der Waals surface area contributed by atoms with E-state index in [0.717, 1.165) is 11.1 Å². The van der Waals surface area contributed by atoms with Crippen LogP contribution in [-0.4, -0.2) is 224 Å². The molecule has 5 heterocycles. The molecule has 4 aliphatic carbocycles. The molecule has 23 heteroatoms. The van der Waals surface area contributed by atoms with Crippen molar-refractivity contribution in [3.05, 3.63) is 53.6 Å². The zero-order chi connectivity index (χ0) is 60.4. The number of ketones is 1. The molecule has 84 heavy (non-hydrogen) atoms. The van der Waals surface area contributed by atoms with Crippen LogP contribution in [0.2, 0.25) is 0 Å².